The predicted octanol–water partition coefficient (Wildman–Crippen LogP) is 2.79. The predicted molar refractivity (Wildman–Crippen MR) is 106 cm³/mol. The molecule has 0 radical (unpaired) electrons. The summed E-state index contributed by atoms with van der Waals surface area (Å²) in [6.45, 7) is 5.17. The van der Waals surface area contributed by atoms with Crippen LogP contribution in [0, 0.1) is 0 Å². The van der Waals surface area contributed by atoms with Crippen LogP contribution in [0.15, 0.2) is 12.1 Å². The fourth-order valence-corrected chi connectivity index (χ4v) is 4.48. The molecule has 0 unspecified atom stereocenters. The van der Waals surface area contributed by atoms with Crippen LogP contribution in [0.2, 0.25) is 0 Å². The van der Waals surface area contributed by atoms with Crippen molar-refractivity contribution in [1.29, 1.82) is 0 Å². The van der Waals surface area contributed by atoms with Crippen LogP contribution in [-0.4, -0.2) is 76.6 Å². The van der Waals surface area contributed by atoms with Gasteiger partial charge in [-0.2, -0.15) is 0 Å². The summed E-state index contributed by atoms with van der Waals surface area (Å²) in [4.78, 5) is 5.13. The van der Waals surface area contributed by atoms with Crippen molar-refractivity contribution in [2.24, 2.45) is 0 Å². The normalized spacial score (nSPS) is 24.6. The third-order valence-electron chi connectivity index (χ3n) is 6.03. The van der Waals surface area contributed by atoms with Crippen LogP contribution in [0.25, 0.3) is 0 Å². The van der Waals surface area contributed by atoms with E-state index in [1.807, 2.05) is 19.2 Å². The van der Waals surface area contributed by atoms with Gasteiger partial charge in [-0.25, -0.2) is 0 Å². The topological polar surface area (TPSA) is 43.4 Å². The molecule has 0 N–H and O–H groups in total. The van der Waals surface area contributed by atoms with Crippen LogP contribution < -0.4 is 14.2 Å². The highest BCUT2D eigenvalue weighted by molar-refractivity contribution is 5.50. The number of piperazine rings is 1. The molecule has 0 bridgehead atoms. The first-order valence-electron chi connectivity index (χ1n) is 9.98. The fraction of sp³-hybridized carbons (Fsp3) is 0.714. The Morgan fingerprint density at radius 1 is 0.815 bits per heavy atom. The summed E-state index contributed by atoms with van der Waals surface area (Å²) in [6, 6.07) is 4.53. The van der Waals surface area contributed by atoms with Crippen molar-refractivity contribution in [2.75, 3.05) is 54.6 Å². The van der Waals surface area contributed by atoms with E-state index in [1.54, 1.807) is 21.3 Å². The van der Waals surface area contributed by atoms with Gasteiger partial charge >= 0.3 is 0 Å². The average Bonchev–Trinajstić information content (AvgIpc) is 2.73. The van der Waals surface area contributed by atoms with Gasteiger partial charge in [0.1, 0.15) is 5.75 Å². The van der Waals surface area contributed by atoms with Gasteiger partial charge in [0, 0.05) is 57.5 Å². The Morgan fingerprint density at radius 2 is 1.44 bits per heavy atom. The maximum atomic E-state index is 5.76. The molecule has 3 rings (SSSR count). The number of benzene rings is 1. The summed E-state index contributed by atoms with van der Waals surface area (Å²) < 4.78 is 22.2. The zero-order valence-corrected chi connectivity index (χ0v) is 17.2. The van der Waals surface area contributed by atoms with Crippen molar-refractivity contribution in [2.45, 2.75) is 44.4 Å². The minimum Gasteiger partial charge on any atom is -0.496 e. The molecule has 0 amide bonds. The van der Waals surface area contributed by atoms with E-state index in [0.29, 0.717) is 17.9 Å². The molecule has 0 aromatic heterocycles. The molecule has 1 aliphatic carbocycles. The molecule has 6 nitrogen and oxygen atoms in total. The second kappa shape index (κ2) is 9.62. The summed E-state index contributed by atoms with van der Waals surface area (Å²) >= 11 is 0. The van der Waals surface area contributed by atoms with Crippen LogP contribution in [-0.2, 0) is 11.3 Å². The van der Waals surface area contributed by atoms with Gasteiger partial charge in [0.25, 0.3) is 0 Å². The van der Waals surface area contributed by atoms with Crippen molar-refractivity contribution in [1.82, 2.24) is 9.80 Å². The molecule has 27 heavy (non-hydrogen) atoms. The van der Waals surface area contributed by atoms with E-state index in [-0.39, 0.29) is 0 Å². The lowest BCUT2D eigenvalue weighted by Crippen LogP contribution is -2.54. The van der Waals surface area contributed by atoms with Crippen LogP contribution in [0.4, 0.5) is 0 Å². The maximum Gasteiger partial charge on any atom is 0.164 e. The van der Waals surface area contributed by atoms with Gasteiger partial charge in [-0.15, -0.1) is 0 Å². The third kappa shape index (κ3) is 4.68. The van der Waals surface area contributed by atoms with Crippen molar-refractivity contribution >= 4 is 0 Å². The lowest BCUT2D eigenvalue weighted by molar-refractivity contribution is -0.0279. The van der Waals surface area contributed by atoms with Crippen LogP contribution in [0.1, 0.15) is 31.2 Å². The van der Waals surface area contributed by atoms with Gasteiger partial charge in [0.2, 0.25) is 0 Å². The standard InChI is InChI=1S/C21H34N2O4/c1-24-18-8-6-5-7-17(18)23-11-9-22(10-12-23)15-16-13-20(26-3)21(27-4)14-19(16)25-2/h13-14,17-18H,5-12,15H2,1-4H3/t17-,18-/m1/s1. The molecule has 1 aromatic rings. The van der Waals surface area contributed by atoms with E-state index in [2.05, 4.69) is 9.80 Å². The highest BCUT2D eigenvalue weighted by Gasteiger charge is 2.32. The van der Waals surface area contributed by atoms with Gasteiger partial charge in [-0.05, 0) is 18.9 Å². The van der Waals surface area contributed by atoms with E-state index in [0.717, 1.165) is 49.8 Å². The first kappa shape index (κ1) is 20.2. The quantitative estimate of drug-likeness (QED) is 0.727. The second-order valence-electron chi connectivity index (χ2n) is 7.46. The molecule has 6 heteroatoms. The fourth-order valence-electron chi connectivity index (χ4n) is 4.48. The first-order valence-corrected chi connectivity index (χ1v) is 9.98. The zero-order chi connectivity index (χ0) is 19.2. The number of ether oxygens (including phenoxy) is 4. The van der Waals surface area contributed by atoms with Crippen LogP contribution in [0.3, 0.4) is 0 Å². The van der Waals surface area contributed by atoms with E-state index in [4.69, 9.17) is 18.9 Å². The smallest absolute Gasteiger partial charge is 0.164 e. The molecule has 2 fully saturated rings. The van der Waals surface area contributed by atoms with Crippen molar-refractivity contribution in [3.8, 4) is 17.2 Å². The maximum absolute atomic E-state index is 5.76. The Balaban J connectivity index is 1.62. The minimum absolute atomic E-state index is 0.399. The number of nitrogens with zero attached hydrogens (tertiary/aromatic N) is 2. The van der Waals surface area contributed by atoms with Gasteiger partial charge in [-0.1, -0.05) is 12.8 Å². The van der Waals surface area contributed by atoms with Gasteiger partial charge in [0.15, 0.2) is 11.5 Å². The highest BCUT2D eigenvalue weighted by atomic mass is 16.5. The molecule has 1 aromatic carbocycles. The van der Waals surface area contributed by atoms with Gasteiger partial charge in [0.05, 0.1) is 27.4 Å². The summed E-state index contributed by atoms with van der Waals surface area (Å²) in [5.74, 6) is 2.30. The summed E-state index contributed by atoms with van der Waals surface area (Å²) in [5, 5.41) is 0. The Kier molecular flexibility index (Phi) is 7.21. The summed E-state index contributed by atoms with van der Waals surface area (Å²) in [7, 11) is 6.89. The lowest BCUT2D eigenvalue weighted by atomic mass is 9.90. The molecule has 2 atom stereocenters. The summed E-state index contributed by atoms with van der Waals surface area (Å²) in [5.41, 5.74) is 1.14. The van der Waals surface area contributed by atoms with Crippen molar-refractivity contribution in [3.05, 3.63) is 17.7 Å². The van der Waals surface area contributed by atoms with Crippen LogP contribution >= 0.6 is 0 Å². The molecule has 1 saturated carbocycles. The van der Waals surface area contributed by atoms with E-state index in [9.17, 15) is 0 Å². The largest absolute Gasteiger partial charge is 0.496 e. The first-order chi connectivity index (χ1) is 13.2. The molecule has 152 valence electrons. The highest BCUT2D eigenvalue weighted by Crippen LogP contribution is 2.35. The Bertz CT molecular complexity index is 602. The molecule has 1 aliphatic heterocycles. The molecule has 2 aliphatic rings. The van der Waals surface area contributed by atoms with Crippen molar-refractivity contribution < 1.29 is 18.9 Å². The Labute approximate surface area is 163 Å². The average molecular weight is 379 g/mol. The molecular formula is C21H34N2O4. The number of methoxy groups -OCH3 is 4. The molecule has 0 spiro atoms. The number of hydrogen-bond acceptors (Lipinski definition) is 6. The minimum atomic E-state index is 0.399. The molecule has 1 saturated heterocycles. The Morgan fingerprint density at radius 3 is 2.07 bits per heavy atom. The van der Waals surface area contributed by atoms with E-state index < -0.39 is 0 Å². The zero-order valence-electron chi connectivity index (χ0n) is 17.2. The summed E-state index contributed by atoms with van der Waals surface area (Å²) in [6.07, 6.45) is 5.49. The van der Waals surface area contributed by atoms with E-state index >= 15 is 0 Å². The van der Waals surface area contributed by atoms with Crippen LogP contribution in [0.5, 0.6) is 17.2 Å². The third-order valence-corrected chi connectivity index (χ3v) is 6.03. The van der Waals surface area contributed by atoms with Crippen molar-refractivity contribution in [3.63, 3.8) is 0 Å². The lowest BCUT2D eigenvalue weighted by Gasteiger charge is -2.43. The van der Waals surface area contributed by atoms with Gasteiger partial charge in [-0.3, -0.25) is 9.80 Å². The van der Waals surface area contributed by atoms with Gasteiger partial charge < -0.3 is 18.9 Å². The van der Waals surface area contributed by atoms with E-state index in [1.165, 1.54) is 25.7 Å². The second-order valence-corrected chi connectivity index (χ2v) is 7.46. The molecular weight excluding hydrogens is 344 g/mol. The monoisotopic (exact) mass is 378 g/mol. The Hall–Kier alpha value is -1.50. The SMILES string of the molecule is COc1cc(OC)c(OC)cc1CN1CCN([C@@H]2CCCC[C@H]2OC)CC1. The number of rotatable bonds is 7. The number of hydrogen-bond donors (Lipinski definition) is 0. The molecule has 1 heterocycles.